The molecule has 0 bridgehead atoms. The van der Waals surface area contributed by atoms with Crippen molar-refractivity contribution in [2.24, 2.45) is 17.3 Å². The molecule has 2 aromatic rings. The van der Waals surface area contributed by atoms with Crippen molar-refractivity contribution in [3.05, 3.63) is 48.0 Å². The molecule has 1 aliphatic heterocycles. The Morgan fingerprint density at radius 3 is 2.88 bits per heavy atom. The van der Waals surface area contributed by atoms with Crippen molar-refractivity contribution in [3.63, 3.8) is 0 Å². The van der Waals surface area contributed by atoms with E-state index >= 15 is 0 Å². The minimum absolute atomic E-state index is 0.109. The van der Waals surface area contributed by atoms with Gasteiger partial charge >= 0.3 is 0 Å². The second-order valence-electron chi connectivity index (χ2n) is 6.32. The fraction of sp³-hybridized carbons (Fsp3) is 0.368. The number of carbonyl (C=O) groups is 1. The molecule has 0 saturated heterocycles. The molecule has 0 fully saturated rings. The molecular formula is C19H22N6O. The van der Waals surface area contributed by atoms with Crippen molar-refractivity contribution < 1.29 is 4.79 Å². The summed E-state index contributed by atoms with van der Waals surface area (Å²) in [7, 11) is 1.95. The lowest BCUT2D eigenvalue weighted by atomic mass is 10.0. The maximum Gasteiger partial charge on any atom is 0.251 e. The molecule has 26 heavy (non-hydrogen) atoms. The molecule has 0 aliphatic carbocycles. The molecule has 1 aromatic heterocycles. The van der Waals surface area contributed by atoms with E-state index in [1.807, 2.05) is 36.0 Å². The Morgan fingerprint density at radius 1 is 1.35 bits per heavy atom. The first-order valence-electron chi connectivity index (χ1n) is 8.57. The Labute approximate surface area is 152 Å². The number of hydrogen-bond acceptors (Lipinski definition) is 5. The quantitative estimate of drug-likeness (QED) is 0.682. The molecule has 1 amide bonds. The van der Waals surface area contributed by atoms with Crippen molar-refractivity contribution in [3.8, 4) is 12.3 Å². The van der Waals surface area contributed by atoms with Crippen molar-refractivity contribution in [2.45, 2.75) is 31.5 Å². The van der Waals surface area contributed by atoms with E-state index in [2.05, 4.69) is 31.8 Å². The third-order valence-corrected chi connectivity index (χ3v) is 4.38. The predicted octanol–water partition coefficient (Wildman–Crippen LogP) is 2.73. The second-order valence-corrected chi connectivity index (χ2v) is 6.32. The van der Waals surface area contributed by atoms with E-state index in [0.29, 0.717) is 31.5 Å². The average Bonchev–Trinajstić information content (AvgIpc) is 3.31. The van der Waals surface area contributed by atoms with Crippen LogP contribution in [0.2, 0.25) is 0 Å². The van der Waals surface area contributed by atoms with Gasteiger partial charge < -0.3 is 15.2 Å². The minimum atomic E-state index is -0.369. The number of amides is 1. The fourth-order valence-electron chi connectivity index (χ4n) is 2.66. The van der Waals surface area contributed by atoms with Gasteiger partial charge in [-0.25, -0.2) is 4.98 Å². The summed E-state index contributed by atoms with van der Waals surface area (Å²) in [4.78, 5) is 16.4. The molecule has 1 aromatic carbocycles. The van der Waals surface area contributed by atoms with Gasteiger partial charge in [0.15, 0.2) is 5.66 Å². The van der Waals surface area contributed by atoms with E-state index in [9.17, 15) is 4.79 Å². The molecule has 0 unspecified atom stereocenters. The zero-order valence-electron chi connectivity index (χ0n) is 14.8. The highest BCUT2D eigenvalue weighted by molar-refractivity contribution is 5.95. The summed E-state index contributed by atoms with van der Waals surface area (Å²) in [6.07, 6.45) is 10.9. The summed E-state index contributed by atoms with van der Waals surface area (Å²) in [6.45, 7) is 1.16. The number of benzene rings is 1. The topological polar surface area (TPSA) is 83.7 Å². The molecular weight excluding hydrogens is 328 g/mol. The molecule has 134 valence electrons. The lowest BCUT2D eigenvalue weighted by Crippen LogP contribution is -2.28. The molecule has 1 aliphatic rings. The Kier molecular flexibility index (Phi) is 5.32. The Balaban J connectivity index is 1.48. The van der Waals surface area contributed by atoms with E-state index in [1.165, 1.54) is 0 Å². The summed E-state index contributed by atoms with van der Waals surface area (Å²) in [5, 5.41) is 14.4. The first kappa shape index (κ1) is 17.7. The number of rotatable bonds is 9. The van der Waals surface area contributed by atoms with Crippen molar-refractivity contribution in [1.29, 1.82) is 0 Å². The molecule has 0 radical (unpaired) electrons. The standard InChI is InChI=1S/C19H22N6O/c1-3-4-8-19(23-24-19)9-10-21-18(26)15-6-5-7-16(11-15)22-13-17-12-20-14-25(17)2/h1,5-7,11-12,14,22H,4,8-10,13H2,2H3,(H,21,26). The number of anilines is 1. The van der Waals surface area contributed by atoms with Gasteiger partial charge in [0.05, 0.1) is 18.6 Å². The van der Waals surface area contributed by atoms with E-state index in [-0.39, 0.29) is 11.6 Å². The first-order valence-corrected chi connectivity index (χ1v) is 8.57. The predicted molar refractivity (Wildman–Crippen MR) is 99.6 cm³/mol. The summed E-state index contributed by atoms with van der Waals surface area (Å²) in [6, 6.07) is 7.43. The molecule has 0 spiro atoms. The van der Waals surface area contributed by atoms with Gasteiger partial charge in [-0.1, -0.05) is 6.07 Å². The highest BCUT2D eigenvalue weighted by atomic mass is 16.1. The molecule has 2 heterocycles. The molecule has 7 nitrogen and oxygen atoms in total. The number of aryl methyl sites for hydroxylation is 1. The number of terminal acetylenes is 1. The van der Waals surface area contributed by atoms with Gasteiger partial charge in [0, 0.05) is 50.3 Å². The third-order valence-electron chi connectivity index (χ3n) is 4.38. The number of hydrogen-bond donors (Lipinski definition) is 2. The Morgan fingerprint density at radius 2 is 2.19 bits per heavy atom. The van der Waals surface area contributed by atoms with Crippen molar-refractivity contribution >= 4 is 11.6 Å². The van der Waals surface area contributed by atoms with Gasteiger partial charge in [-0.2, -0.15) is 10.2 Å². The van der Waals surface area contributed by atoms with Crippen LogP contribution in [0.25, 0.3) is 0 Å². The van der Waals surface area contributed by atoms with Gasteiger partial charge in [-0.3, -0.25) is 4.79 Å². The lowest BCUT2D eigenvalue weighted by Gasteiger charge is -2.11. The van der Waals surface area contributed by atoms with Crippen LogP contribution in [0.5, 0.6) is 0 Å². The second kappa shape index (κ2) is 7.83. The smallest absolute Gasteiger partial charge is 0.251 e. The van der Waals surface area contributed by atoms with Gasteiger partial charge in [-0.15, -0.1) is 12.3 Å². The van der Waals surface area contributed by atoms with Crippen LogP contribution >= 0.6 is 0 Å². The number of carbonyl (C=O) groups excluding carboxylic acids is 1. The Bertz CT molecular complexity index is 842. The Hall–Kier alpha value is -3.14. The SMILES string of the molecule is C#CCCC1(CCNC(=O)c2cccc(NCc3cncn3C)c2)N=N1. The van der Waals surface area contributed by atoms with E-state index in [0.717, 1.165) is 17.8 Å². The molecule has 0 atom stereocenters. The van der Waals surface area contributed by atoms with Crippen LogP contribution in [-0.2, 0) is 13.6 Å². The van der Waals surface area contributed by atoms with Crippen LogP contribution in [0.1, 0.15) is 35.3 Å². The van der Waals surface area contributed by atoms with E-state index in [1.54, 1.807) is 12.4 Å². The summed E-state index contributed by atoms with van der Waals surface area (Å²) >= 11 is 0. The lowest BCUT2D eigenvalue weighted by molar-refractivity contribution is 0.0952. The van der Waals surface area contributed by atoms with Crippen LogP contribution in [0.4, 0.5) is 5.69 Å². The van der Waals surface area contributed by atoms with Gasteiger partial charge in [0.25, 0.3) is 5.91 Å². The van der Waals surface area contributed by atoms with Crippen LogP contribution < -0.4 is 10.6 Å². The summed E-state index contributed by atoms with van der Waals surface area (Å²) in [5.74, 6) is 2.49. The highest BCUT2D eigenvalue weighted by Gasteiger charge is 2.38. The number of nitrogens with zero attached hydrogens (tertiary/aromatic N) is 4. The molecule has 0 saturated carbocycles. The van der Waals surface area contributed by atoms with Gasteiger partial charge in [0.2, 0.25) is 0 Å². The van der Waals surface area contributed by atoms with E-state index < -0.39 is 0 Å². The van der Waals surface area contributed by atoms with Crippen LogP contribution in [-0.4, -0.2) is 27.7 Å². The number of imidazole rings is 1. The third kappa shape index (κ3) is 4.48. The van der Waals surface area contributed by atoms with Crippen LogP contribution in [0.3, 0.4) is 0 Å². The highest BCUT2D eigenvalue weighted by Crippen LogP contribution is 2.36. The van der Waals surface area contributed by atoms with Crippen LogP contribution in [0, 0.1) is 12.3 Å². The molecule has 7 heteroatoms. The summed E-state index contributed by atoms with van der Waals surface area (Å²) in [5.41, 5.74) is 2.19. The van der Waals surface area contributed by atoms with Gasteiger partial charge in [0.1, 0.15) is 0 Å². The maximum absolute atomic E-state index is 12.4. The molecule has 3 rings (SSSR count). The zero-order chi connectivity index (χ0) is 18.4. The first-order chi connectivity index (χ1) is 12.6. The normalized spacial score (nSPS) is 13.8. The molecule has 2 N–H and O–H groups in total. The zero-order valence-corrected chi connectivity index (χ0v) is 14.8. The van der Waals surface area contributed by atoms with Crippen LogP contribution in [0.15, 0.2) is 47.0 Å². The largest absolute Gasteiger partial charge is 0.379 e. The summed E-state index contributed by atoms with van der Waals surface area (Å²) < 4.78 is 1.95. The van der Waals surface area contributed by atoms with Crippen molar-refractivity contribution in [2.75, 3.05) is 11.9 Å². The van der Waals surface area contributed by atoms with E-state index in [4.69, 9.17) is 6.42 Å². The minimum Gasteiger partial charge on any atom is -0.379 e. The average molecular weight is 350 g/mol. The van der Waals surface area contributed by atoms with Gasteiger partial charge in [-0.05, 0) is 18.2 Å². The maximum atomic E-state index is 12.4. The fourth-order valence-corrected chi connectivity index (χ4v) is 2.66. The monoisotopic (exact) mass is 350 g/mol. The number of aromatic nitrogens is 2. The van der Waals surface area contributed by atoms with Crippen molar-refractivity contribution in [1.82, 2.24) is 14.9 Å². The number of nitrogens with one attached hydrogen (secondary N) is 2.